The normalized spacial score (nSPS) is 10.2. The van der Waals surface area contributed by atoms with E-state index in [9.17, 15) is 0 Å². The minimum Gasteiger partial charge on any atom is -0.492 e. The molecule has 1 radical (unpaired) electrons. The summed E-state index contributed by atoms with van der Waals surface area (Å²) in [6.07, 6.45) is 0. The van der Waals surface area contributed by atoms with E-state index in [1.165, 1.54) is 0 Å². The van der Waals surface area contributed by atoms with Gasteiger partial charge in [-0.15, -0.1) is 0 Å². The van der Waals surface area contributed by atoms with Gasteiger partial charge in [0.05, 0.1) is 15.6 Å². The SMILES string of the molecule is [CH2]COc1cc(Br)c(Br)c(Br)c1Br. The van der Waals surface area contributed by atoms with Gasteiger partial charge in [-0.05, 0) is 76.7 Å². The lowest BCUT2D eigenvalue weighted by molar-refractivity contribution is 0.358. The summed E-state index contributed by atoms with van der Waals surface area (Å²) in [6.45, 7) is 4.02. The van der Waals surface area contributed by atoms with E-state index in [4.69, 9.17) is 4.74 Å². The second-order valence-electron chi connectivity index (χ2n) is 2.15. The van der Waals surface area contributed by atoms with Gasteiger partial charge < -0.3 is 4.74 Å². The van der Waals surface area contributed by atoms with Crippen LogP contribution in [-0.4, -0.2) is 6.61 Å². The summed E-state index contributed by atoms with van der Waals surface area (Å²) in [7, 11) is 0. The van der Waals surface area contributed by atoms with Crippen molar-refractivity contribution in [3.63, 3.8) is 0 Å². The minimum atomic E-state index is 0.402. The smallest absolute Gasteiger partial charge is 0.135 e. The fourth-order valence-electron chi connectivity index (χ4n) is 0.766. The fourth-order valence-corrected chi connectivity index (χ4v) is 2.85. The zero-order valence-corrected chi connectivity index (χ0v) is 12.8. The molecule has 0 aromatic heterocycles. The van der Waals surface area contributed by atoms with Crippen molar-refractivity contribution in [2.45, 2.75) is 0 Å². The number of ether oxygens (including phenoxy) is 1. The molecule has 0 spiro atoms. The molecule has 0 saturated carbocycles. The Balaban J connectivity index is 3.24. The quantitative estimate of drug-likeness (QED) is 0.471. The summed E-state index contributed by atoms with van der Waals surface area (Å²) >= 11 is 13.7. The Morgan fingerprint density at radius 1 is 1.08 bits per heavy atom. The van der Waals surface area contributed by atoms with Gasteiger partial charge in [0.15, 0.2) is 0 Å². The number of halogens is 4. The Labute approximate surface area is 111 Å². The predicted molar refractivity (Wildman–Crippen MR) is 68.1 cm³/mol. The average molecular weight is 437 g/mol. The molecule has 13 heavy (non-hydrogen) atoms. The Bertz CT molecular complexity index is 324. The minimum absolute atomic E-state index is 0.402. The summed E-state index contributed by atoms with van der Waals surface area (Å²) in [6, 6.07) is 1.88. The zero-order valence-electron chi connectivity index (χ0n) is 6.41. The van der Waals surface area contributed by atoms with E-state index in [2.05, 4.69) is 70.6 Å². The highest BCUT2D eigenvalue weighted by Gasteiger charge is 2.11. The van der Waals surface area contributed by atoms with Crippen LogP contribution in [0, 0.1) is 6.92 Å². The van der Waals surface area contributed by atoms with E-state index in [0.29, 0.717) is 6.61 Å². The monoisotopic (exact) mass is 433 g/mol. The molecule has 0 unspecified atom stereocenters. The van der Waals surface area contributed by atoms with Crippen molar-refractivity contribution >= 4 is 63.7 Å². The van der Waals surface area contributed by atoms with Crippen LogP contribution in [0.4, 0.5) is 0 Å². The Hall–Kier alpha value is 0.940. The number of hydrogen-bond donors (Lipinski definition) is 0. The van der Waals surface area contributed by atoms with Gasteiger partial charge in [0.2, 0.25) is 0 Å². The van der Waals surface area contributed by atoms with E-state index in [1.54, 1.807) is 0 Å². The molecular weight excluding hydrogens is 432 g/mol. The van der Waals surface area contributed by atoms with Gasteiger partial charge in [-0.25, -0.2) is 0 Å². The fraction of sp³-hybridized carbons (Fsp3) is 0.125. The Morgan fingerprint density at radius 3 is 2.23 bits per heavy atom. The number of rotatable bonds is 2. The molecule has 0 bridgehead atoms. The molecule has 0 fully saturated rings. The van der Waals surface area contributed by atoms with Gasteiger partial charge in [-0.3, -0.25) is 0 Å². The molecule has 0 aliphatic rings. The standard InChI is InChI=1S/C8H5Br4O/c1-2-13-5-3-4(9)6(10)8(12)7(5)11/h3H,1-2H2. The van der Waals surface area contributed by atoms with E-state index in [0.717, 1.165) is 23.6 Å². The summed E-state index contributed by atoms with van der Waals surface area (Å²) in [5.41, 5.74) is 0. The molecule has 1 aromatic rings. The van der Waals surface area contributed by atoms with E-state index in [1.807, 2.05) is 6.07 Å². The van der Waals surface area contributed by atoms with Gasteiger partial charge in [0.1, 0.15) is 5.75 Å². The molecule has 1 aromatic carbocycles. The van der Waals surface area contributed by atoms with Crippen LogP contribution >= 0.6 is 63.7 Å². The molecule has 1 rings (SSSR count). The maximum absolute atomic E-state index is 5.31. The highest BCUT2D eigenvalue weighted by Crippen LogP contribution is 2.42. The lowest BCUT2D eigenvalue weighted by atomic mass is 10.3. The molecule has 0 N–H and O–H groups in total. The molecule has 1 nitrogen and oxygen atoms in total. The number of benzene rings is 1. The lowest BCUT2D eigenvalue weighted by Crippen LogP contribution is -1.93. The average Bonchev–Trinajstić information content (AvgIpc) is 2.11. The van der Waals surface area contributed by atoms with E-state index in [-0.39, 0.29) is 0 Å². The Kier molecular flexibility index (Phi) is 4.75. The summed E-state index contributed by atoms with van der Waals surface area (Å²) < 4.78 is 9.01. The second kappa shape index (κ2) is 5.14. The molecular formula is C8H5Br4O. The van der Waals surface area contributed by atoms with Crippen molar-refractivity contribution in [3.8, 4) is 5.75 Å². The molecule has 0 saturated heterocycles. The first-order valence-corrected chi connectivity index (χ1v) is 6.50. The largest absolute Gasteiger partial charge is 0.492 e. The van der Waals surface area contributed by atoms with E-state index >= 15 is 0 Å². The van der Waals surface area contributed by atoms with Gasteiger partial charge in [-0.1, -0.05) is 0 Å². The van der Waals surface area contributed by atoms with Crippen LogP contribution in [0.3, 0.4) is 0 Å². The third-order valence-corrected chi connectivity index (χ3v) is 5.95. The van der Waals surface area contributed by atoms with Crippen LogP contribution in [0.1, 0.15) is 0 Å². The van der Waals surface area contributed by atoms with Gasteiger partial charge >= 0.3 is 0 Å². The van der Waals surface area contributed by atoms with Crippen LogP contribution in [0.25, 0.3) is 0 Å². The molecule has 0 aliphatic carbocycles. The van der Waals surface area contributed by atoms with Gasteiger partial charge in [0, 0.05) is 8.95 Å². The second-order valence-corrected chi connectivity index (χ2v) is 5.38. The maximum atomic E-state index is 5.31. The molecule has 0 heterocycles. The van der Waals surface area contributed by atoms with Crippen LogP contribution < -0.4 is 4.74 Å². The van der Waals surface area contributed by atoms with Crippen LogP contribution in [0.2, 0.25) is 0 Å². The summed E-state index contributed by atoms with van der Waals surface area (Å²) in [5.74, 6) is 0.761. The first-order valence-electron chi connectivity index (χ1n) is 3.33. The van der Waals surface area contributed by atoms with Crippen molar-refractivity contribution in [2.75, 3.05) is 6.61 Å². The lowest BCUT2D eigenvalue weighted by Gasteiger charge is -2.09. The molecule has 71 valence electrons. The molecule has 0 atom stereocenters. The molecule has 5 heteroatoms. The summed E-state index contributed by atoms with van der Waals surface area (Å²) in [4.78, 5) is 0. The third-order valence-electron chi connectivity index (χ3n) is 1.33. The molecule has 0 aliphatic heterocycles. The highest BCUT2D eigenvalue weighted by molar-refractivity contribution is 9.15. The van der Waals surface area contributed by atoms with Crippen molar-refractivity contribution < 1.29 is 4.74 Å². The van der Waals surface area contributed by atoms with Crippen LogP contribution in [-0.2, 0) is 0 Å². The molecule has 0 amide bonds. The van der Waals surface area contributed by atoms with Crippen molar-refractivity contribution in [1.82, 2.24) is 0 Å². The van der Waals surface area contributed by atoms with Gasteiger partial charge in [0.25, 0.3) is 0 Å². The van der Waals surface area contributed by atoms with Crippen molar-refractivity contribution in [2.24, 2.45) is 0 Å². The van der Waals surface area contributed by atoms with Crippen LogP contribution in [0.5, 0.6) is 5.75 Å². The first-order chi connectivity index (χ1) is 6.07. The van der Waals surface area contributed by atoms with Gasteiger partial charge in [-0.2, -0.15) is 0 Å². The highest BCUT2D eigenvalue weighted by atomic mass is 79.9. The topological polar surface area (TPSA) is 9.23 Å². The van der Waals surface area contributed by atoms with Crippen LogP contribution in [0.15, 0.2) is 24.0 Å². The van der Waals surface area contributed by atoms with Crippen molar-refractivity contribution in [3.05, 3.63) is 30.9 Å². The number of hydrogen-bond acceptors (Lipinski definition) is 1. The maximum Gasteiger partial charge on any atom is 0.135 e. The zero-order chi connectivity index (χ0) is 10.0. The Morgan fingerprint density at radius 2 is 1.69 bits per heavy atom. The third kappa shape index (κ3) is 2.70. The van der Waals surface area contributed by atoms with E-state index < -0.39 is 0 Å². The summed E-state index contributed by atoms with van der Waals surface area (Å²) in [5, 5.41) is 0. The predicted octanol–water partition coefficient (Wildman–Crippen LogP) is 4.95. The first kappa shape index (κ1) is 12.0. The van der Waals surface area contributed by atoms with Crippen molar-refractivity contribution in [1.29, 1.82) is 0 Å².